The van der Waals surface area contributed by atoms with Crippen molar-refractivity contribution in [1.82, 2.24) is 9.97 Å². The zero-order valence-electron chi connectivity index (χ0n) is 11.0. The number of rotatable bonds is 3. The molecule has 1 heterocycles. The van der Waals surface area contributed by atoms with Gasteiger partial charge in [0.05, 0.1) is 22.4 Å². The third kappa shape index (κ3) is 2.47. The quantitative estimate of drug-likeness (QED) is 0.726. The van der Waals surface area contributed by atoms with E-state index >= 15 is 0 Å². The molecule has 3 N–H and O–H groups in total. The van der Waals surface area contributed by atoms with Gasteiger partial charge in [-0.2, -0.15) is 10.5 Å². The van der Waals surface area contributed by atoms with Crippen molar-refractivity contribution in [1.29, 1.82) is 10.5 Å². The summed E-state index contributed by atoms with van der Waals surface area (Å²) in [6.45, 7) is 0. The Morgan fingerprint density at radius 2 is 1.85 bits per heavy atom. The first-order chi connectivity index (χ1) is 9.55. The zero-order chi connectivity index (χ0) is 14.7. The predicted molar refractivity (Wildman–Crippen MR) is 76.2 cm³/mol. The molecule has 0 radical (unpaired) electrons. The number of aromatic nitrogens is 2. The largest absolute Gasteiger partial charge is 0.376 e. The molecule has 100 valence electrons. The Balaban J connectivity index is 2.53. The van der Waals surface area contributed by atoms with Crippen LogP contribution in [0.2, 0.25) is 0 Å². The van der Waals surface area contributed by atoms with Gasteiger partial charge < -0.3 is 20.2 Å². The summed E-state index contributed by atoms with van der Waals surface area (Å²) in [7, 11) is 3.71. The summed E-state index contributed by atoms with van der Waals surface area (Å²) < 4.78 is 0. The van der Waals surface area contributed by atoms with Crippen molar-refractivity contribution in [3.05, 3.63) is 34.4 Å². The molecule has 7 nitrogen and oxygen atoms in total. The lowest BCUT2D eigenvalue weighted by atomic mass is 10.2. The summed E-state index contributed by atoms with van der Waals surface area (Å²) in [5.41, 5.74) is 2.52. The Labute approximate surface area is 114 Å². The fourth-order valence-electron chi connectivity index (χ4n) is 1.80. The number of imidazole rings is 1. The van der Waals surface area contributed by atoms with Gasteiger partial charge in [-0.05, 0) is 12.1 Å². The van der Waals surface area contributed by atoms with E-state index in [1.807, 2.05) is 25.1 Å². The zero-order valence-corrected chi connectivity index (χ0v) is 11.0. The molecule has 2 rings (SSSR count). The van der Waals surface area contributed by atoms with E-state index in [-0.39, 0.29) is 11.3 Å². The van der Waals surface area contributed by atoms with Crippen LogP contribution < -0.4 is 15.9 Å². The highest BCUT2D eigenvalue weighted by Crippen LogP contribution is 2.28. The average molecular weight is 268 g/mol. The number of aromatic amines is 2. The molecule has 0 bridgehead atoms. The second kappa shape index (κ2) is 5.21. The van der Waals surface area contributed by atoms with Crippen LogP contribution in [-0.4, -0.2) is 24.1 Å². The third-order valence-electron chi connectivity index (χ3n) is 2.73. The van der Waals surface area contributed by atoms with Crippen molar-refractivity contribution in [3.63, 3.8) is 0 Å². The molecule has 0 unspecified atom stereocenters. The van der Waals surface area contributed by atoms with Gasteiger partial charge in [-0.15, -0.1) is 0 Å². The summed E-state index contributed by atoms with van der Waals surface area (Å²) >= 11 is 0. The summed E-state index contributed by atoms with van der Waals surface area (Å²) in [6.07, 6.45) is 1.33. The second-order valence-electron chi connectivity index (χ2n) is 4.31. The van der Waals surface area contributed by atoms with Crippen LogP contribution in [0.4, 0.5) is 11.4 Å². The lowest BCUT2D eigenvalue weighted by Crippen LogP contribution is -2.11. The summed E-state index contributed by atoms with van der Waals surface area (Å²) in [5, 5.41) is 20.3. The van der Waals surface area contributed by atoms with E-state index < -0.39 is 0 Å². The Kier molecular flexibility index (Phi) is 3.45. The third-order valence-corrected chi connectivity index (χ3v) is 2.73. The summed E-state index contributed by atoms with van der Waals surface area (Å²) in [6, 6.07) is 7.09. The number of H-pyrrole nitrogens is 2. The number of benzene rings is 1. The fourth-order valence-corrected chi connectivity index (χ4v) is 1.80. The van der Waals surface area contributed by atoms with E-state index in [4.69, 9.17) is 10.5 Å². The second-order valence-corrected chi connectivity index (χ2v) is 4.31. The van der Waals surface area contributed by atoms with E-state index in [1.165, 1.54) is 6.20 Å². The van der Waals surface area contributed by atoms with Crippen LogP contribution in [0, 0.1) is 22.7 Å². The summed E-state index contributed by atoms with van der Waals surface area (Å²) in [5.74, 6) is 0. The molecule has 0 amide bonds. The number of nitrogens with zero attached hydrogens (tertiary/aromatic N) is 3. The lowest BCUT2D eigenvalue weighted by Gasteiger charge is -2.17. The molecule has 0 spiro atoms. The Hall–Kier alpha value is -3.19. The van der Waals surface area contributed by atoms with Crippen molar-refractivity contribution in [2.75, 3.05) is 24.3 Å². The van der Waals surface area contributed by atoms with Crippen molar-refractivity contribution in [3.8, 4) is 12.1 Å². The van der Waals surface area contributed by atoms with Gasteiger partial charge in [0.15, 0.2) is 0 Å². The van der Waals surface area contributed by atoms with Crippen LogP contribution in [0.1, 0.15) is 0 Å². The Morgan fingerprint density at radius 3 is 2.40 bits per heavy atom. The minimum Gasteiger partial charge on any atom is -0.376 e. The number of anilines is 2. The molecular weight excluding hydrogens is 256 g/mol. The van der Waals surface area contributed by atoms with Crippen LogP contribution in [0.5, 0.6) is 0 Å². The van der Waals surface area contributed by atoms with Crippen molar-refractivity contribution in [2.45, 2.75) is 0 Å². The van der Waals surface area contributed by atoms with Gasteiger partial charge >= 0.3 is 5.69 Å². The lowest BCUT2D eigenvalue weighted by molar-refractivity contribution is 1.13. The normalized spacial score (nSPS) is 9.60. The van der Waals surface area contributed by atoms with Gasteiger partial charge in [-0.3, -0.25) is 0 Å². The molecular formula is C13H12N6O. The molecule has 0 aliphatic carbocycles. The van der Waals surface area contributed by atoms with Gasteiger partial charge in [0, 0.05) is 20.3 Å². The highest BCUT2D eigenvalue weighted by atomic mass is 16.1. The SMILES string of the molecule is CN(C)c1cc2[nH]c(=O)[nH]c2cc1NC=C(C#N)C#N. The fraction of sp³-hybridized carbons (Fsp3) is 0.154. The summed E-state index contributed by atoms with van der Waals surface area (Å²) in [4.78, 5) is 18.5. The maximum atomic E-state index is 11.3. The van der Waals surface area contributed by atoms with Gasteiger partial charge in [-0.25, -0.2) is 4.79 Å². The van der Waals surface area contributed by atoms with Crippen molar-refractivity contribution < 1.29 is 0 Å². The van der Waals surface area contributed by atoms with E-state index in [2.05, 4.69) is 15.3 Å². The molecule has 20 heavy (non-hydrogen) atoms. The topological polar surface area (TPSA) is 112 Å². The molecule has 1 aromatic heterocycles. The molecule has 0 aliphatic rings. The van der Waals surface area contributed by atoms with Crippen LogP contribution in [-0.2, 0) is 0 Å². The standard InChI is InChI=1S/C13H12N6O/c1-19(2)12-4-10-9(17-13(20)18-10)3-11(12)16-7-8(5-14)6-15/h3-4,7,16H,1-2H3,(H2,17,18,20). The first kappa shape index (κ1) is 13.2. The van der Waals surface area contributed by atoms with Crippen LogP contribution >= 0.6 is 0 Å². The molecule has 7 heteroatoms. The molecule has 0 saturated carbocycles. The highest BCUT2D eigenvalue weighted by molar-refractivity contribution is 5.88. The molecule has 0 fully saturated rings. The van der Waals surface area contributed by atoms with Crippen LogP contribution in [0.25, 0.3) is 11.0 Å². The molecule has 1 aromatic carbocycles. The maximum Gasteiger partial charge on any atom is 0.323 e. The monoisotopic (exact) mass is 268 g/mol. The van der Waals surface area contributed by atoms with Gasteiger partial charge in [-0.1, -0.05) is 0 Å². The number of fused-ring (bicyclic) bond motifs is 1. The number of hydrogen-bond acceptors (Lipinski definition) is 5. The Bertz CT molecular complexity index is 796. The first-order valence-corrected chi connectivity index (χ1v) is 5.75. The molecule has 0 atom stereocenters. The Morgan fingerprint density at radius 1 is 1.25 bits per heavy atom. The molecule has 0 saturated heterocycles. The van der Waals surface area contributed by atoms with Gasteiger partial charge in [0.1, 0.15) is 17.7 Å². The van der Waals surface area contributed by atoms with E-state index in [9.17, 15) is 4.79 Å². The van der Waals surface area contributed by atoms with Crippen LogP contribution in [0.3, 0.4) is 0 Å². The number of nitrogens with one attached hydrogen (secondary N) is 3. The van der Waals surface area contributed by atoms with E-state index in [0.717, 1.165) is 5.69 Å². The number of allylic oxidation sites excluding steroid dienone is 1. The van der Waals surface area contributed by atoms with Gasteiger partial charge in [0.2, 0.25) is 0 Å². The highest BCUT2D eigenvalue weighted by Gasteiger charge is 2.08. The van der Waals surface area contributed by atoms with Crippen molar-refractivity contribution >= 4 is 22.4 Å². The molecule has 2 aromatic rings. The van der Waals surface area contributed by atoms with E-state index in [0.29, 0.717) is 16.7 Å². The predicted octanol–water partition coefficient (Wildman–Crippen LogP) is 1.27. The smallest absolute Gasteiger partial charge is 0.323 e. The van der Waals surface area contributed by atoms with Crippen molar-refractivity contribution in [2.24, 2.45) is 0 Å². The maximum absolute atomic E-state index is 11.3. The number of hydrogen-bond donors (Lipinski definition) is 3. The number of nitriles is 2. The van der Waals surface area contributed by atoms with Crippen LogP contribution in [0.15, 0.2) is 28.7 Å². The van der Waals surface area contributed by atoms with Gasteiger partial charge in [0.25, 0.3) is 0 Å². The average Bonchev–Trinajstić information content (AvgIpc) is 2.77. The first-order valence-electron chi connectivity index (χ1n) is 5.75. The minimum absolute atomic E-state index is 0.0302. The molecule has 0 aliphatic heterocycles. The minimum atomic E-state index is -0.285. The van der Waals surface area contributed by atoms with E-state index in [1.54, 1.807) is 18.2 Å².